The first kappa shape index (κ1) is 17.3. The molecule has 1 rings (SSSR count). The Morgan fingerprint density at radius 3 is 2.57 bits per heavy atom. The number of nitrogens with zero attached hydrogens (tertiary/aromatic N) is 1. The highest BCUT2D eigenvalue weighted by Crippen LogP contribution is 2.26. The van der Waals surface area contributed by atoms with E-state index in [1.807, 2.05) is 0 Å². The summed E-state index contributed by atoms with van der Waals surface area (Å²) in [5.41, 5.74) is 5.97. The van der Waals surface area contributed by atoms with Crippen LogP contribution in [0, 0.1) is 5.92 Å². The van der Waals surface area contributed by atoms with E-state index in [0.29, 0.717) is 5.75 Å². The van der Waals surface area contributed by atoms with Crippen molar-refractivity contribution in [2.75, 3.05) is 33.5 Å². The summed E-state index contributed by atoms with van der Waals surface area (Å²) in [7, 11) is 0.687. The van der Waals surface area contributed by atoms with Crippen molar-refractivity contribution in [3.05, 3.63) is 18.2 Å². The molecule has 21 heavy (non-hydrogen) atoms. The average molecular weight is 315 g/mol. The van der Waals surface area contributed by atoms with Crippen molar-refractivity contribution in [2.45, 2.75) is 11.8 Å². The second-order valence-corrected chi connectivity index (χ2v) is 6.75. The second kappa shape index (κ2) is 6.77. The number of hydrogen-bond donors (Lipinski definition) is 2. The lowest BCUT2D eigenvalue weighted by atomic mass is 10.2. The highest BCUT2D eigenvalue weighted by Gasteiger charge is 2.25. The average Bonchev–Trinajstić information content (AvgIpc) is 2.45. The molecule has 0 saturated carbocycles. The van der Waals surface area contributed by atoms with Crippen LogP contribution < -0.4 is 15.8 Å². The van der Waals surface area contributed by atoms with Crippen LogP contribution in [0.25, 0.3) is 0 Å². The van der Waals surface area contributed by atoms with Crippen molar-refractivity contribution >= 4 is 21.6 Å². The molecule has 1 amide bonds. The van der Waals surface area contributed by atoms with Gasteiger partial charge in [0.05, 0.1) is 17.7 Å². The van der Waals surface area contributed by atoms with E-state index in [1.165, 1.54) is 39.4 Å². The Kier molecular flexibility index (Phi) is 5.56. The molecule has 1 aromatic rings. The summed E-state index contributed by atoms with van der Waals surface area (Å²) in [6.07, 6.45) is 0. The van der Waals surface area contributed by atoms with Gasteiger partial charge < -0.3 is 15.8 Å². The highest BCUT2D eigenvalue weighted by atomic mass is 32.2. The zero-order valence-electron chi connectivity index (χ0n) is 12.6. The van der Waals surface area contributed by atoms with E-state index in [-0.39, 0.29) is 23.0 Å². The Balaban J connectivity index is 2.99. The van der Waals surface area contributed by atoms with Gasteiger partial charge in [0.25, 0.3) is 0 Å². The molecule has 118 valence electrons. The summed E-state index contributed by atoms with van der Waals surface area (Å²) in [5, 5.41) is 2.49. The molecule has 0 spiro atoms. The fourth-order valence-electron chi connectivity index (χ4n) is 1.87. The first-order valence-electron chi connectivity index (χ1n) is 6.35. The van der Waals surface area contributed by atoms with Gasteiger partial charge in [-0.3, -0.25) is 4.79 Å². The van der Waals surface area contributed by atoms with Gasteiger partial charge in [-0.15, -0.1) is 0 Å². The number of carbonyl (C=O) groups excluding carboxylic acids is 1. The van der Waals surface area contributed by atoms with Crippen LogP contribution in [-0.2, 0) is 14.8 Å². The molecule has 0 bridgehead atoms. The Labute approximate surface area is 125 Å². The third-order valence-electron chi connectivity index (χ3n) is 3.13. The van der Waals surface area contributed by atoms with E-state index < -0.39 is 15.9 Å². The number of carbonyl (C=O) groups is 1. The Morgan fingerprint density at radius 2 is 2.10 bits per heavy atom. The molecule has 8 heteroatoms. The number of amides is 1. The molecule has 0 saturated heterocycles. The quantitative estimate of drug-likeness (QED) is 0.734. The topological polar surface area (TPSA) is 102 Å². The molecule has 0 radical (unpaired) electrons. The largest absolute Gasteiger partial charge is 0.495 e. The van der Waals surface area contributed by atoms with Gasteiger partial charge in [0, 0.05) is 26.6 Å². The number of anilines is 1. The summed E-state index contributed by atoms with van der Waals surface area (Å²) in [6, 6.07) is 4.26. The molecule has 1 unspecified atom stereocenters. The Hall–Kier alpha value is -1.80. The minimum atomic E-state index is -3.71. The maximum Gasteiger partial charge on any atom is 0.242 e. The third kappa shape index (κ3) is 3.85. The minimum Gasteiger partial charge on any atom is -0.495 e. The number of benzene rings is 1. The zero-order chi connectivity index (χ0) is 16.2. The van der Waals surface area contributed by atoms with E-state index in [0.717, 1.165) is 4.31 Å². The lowest BCUT2D eigenvalue weighted by molar-refractivity contribution is -0.124. The van der Waals surface area contributed by atoms with Crippen LogP contribution in [0.15, 0.2) is 23.1 Å². The van der Waals surface area contributed by atoms with Gasteiger partial charge in [-0.25, -0.2) is 12.7 Å². The maximum atomic E-state index is 12.4. The van der Waals surface area contributed by atoms with Crippen molar-refractivity contribution in [1.29, 1.82) is 0 Å². The standard InChI is InChI=1S/C13H21N3O4S/c1-9(13(17)15-2)8-16(3)21(18,19)10-5-6-12(20-4)11(14)7-10/h5-7,9H,8,14H2,1-4H3,(H,15,17). The zero-order valence-corrected chi connectivity index (χ0v) is 13.4. The number of hydrogen-bond acceptors (Lipinski definition) is 5. The van der Waals surface area contributed by atoms with Gasteiger partial charge in [0.15, 0.2) is 0 Å². The molecule has 1 atom stereocenters. The Bertz CT molecular complexity index is 616. The number of ether oxygens (including phenoxy) is 1. The predicted octanol–water partition coefficient (Wildman–Crippen LogP) is 0.280. The smallest absolute Gasteiger partial charge is 0.242 e. The molecule has 0 fully saturated rings. The van der Waals surface area contributed by atoms with Crippen LogP contribution in [0.1, 0.15) is 6.92 Å². The predicted molar refractivity (Wildman–Crippen MR) is 80.5 cm³/mol. The lowest BCUT2D eigenvalue weighted by Gasteiger charge is -2.20. The van der Waals surface area contributed by atoms with Crippen molar-refractivity contribution in [2.24, 2.45) is 5.92 Å². The molecule has 3 N–H and O–H groups in total. The van der Waals surface area contributed by atoms with E-state index in [9.17, 15) is 13.2 Å². The fraction of sp³-hybridized carbons (Fsp3) is 0.462. The summed E-state index contributed by atoms with van der Waals surface area (Å²) < 4.78 is 31.0. The maximum absolute atomic E-state index is 12.4. The lowest BCUT2D eigenvalue weighted by Crippen LogP contribution is -2.37. The fourth-order valence-corrected chi connectivity index (χ4v) is 3.16. The van der Waals surface area contributed by atoms with Gasteiger partial charge >= 0.3 is 0 Å². The van der Waals surface area contributed by atoms with Crippen LogP contribution in [0.5, 0.6) is 5.75 Å². The normalized spacial score (nSPS) is 13.0. The number of methoxy groups -OCH3 is 1. The minimum absolute atomic E-state index is 0.0624. The third-order valence-corrected chi connectivity index (χ3v) is 4.95. The molecule has 0 heterocycles. The van der Waals surface area contributed by atoms with E-state index >= 15 is 0 Å². The molecule has 0 aliphatic rings. The first-order valence-corrected chi connectivity index (χ1v) is 7.79. The van der Waals surface area contributed by atoms with Crippen molar-refractivity contribution < 1.29 is 17.9 Å². The molecule has 1 aromatic carbocycles. The van der Waals surface area contributed by atoms with Crippen LogP contribution >= 0.6 is 0 Å². The number of nitrogens with one attached hydrogen (secondary N) is 1. The van der Waals surface area contributed by atoms with Crippen molar-refractivity contribution in [1.82, 2.24) is 9.62 Å². The van der Waals surface area contributed by atoms with E-state index in [1.54, 1.807) is 6.92 Å². The van der Waals surface area contributed by atoms with E-state index in [2.05, 4.69) is 5.32 Å². The van der Waals surface area contributed by atoms with Gasteiger partial charge in [-0.1, -0.05) is 6.92 Å². The summed E-state index contributed by atoms with van der Waals surface area (Å²) in [5.74, 6) is -0.257. The van der Waals surface area contributed by atoms with Crippen LogP contribution in [-0.4, -0.2) is 46.4 Å². The summed E-state index contributed by atoms with van der Waals surface area (Å²) in [4.78, 5) is 11.5. The van der Waals surface area contributed by atoms with Gasteiger partial charge in [-0.05, 0) is 18.2 Å². The Morgan fingerprint density at radius 1 is 1.48 bits per heavy atom. The highest BCUT2D eigenvalue weighted by molar-refractivity contribution is 7.89. The summed E-state index contributed by atoms with van der Waals surface area (Å²) >= 11 is 0. The number of rotatable bonds is 6. The van der Waals surface area contributed by atoms with E-state index in [4.69, 9.17) is 10.5 Å². The molecule has 0 aliphatic heterocycles. The first-order chi connectivity index (χ1) is 9.73. The second-order valence-electron chi connectivity index (χ2n) is 4.70. The van der Waals surface area contributed by atoms with Crippen molar-refractivity contribution in [3.8, 4) is 5.75 Å². The summed E-state index contributed by atoms with van der Waals surface area (Å²) in [6.45, 7) is 1.74. The van der Waals surface area contributed by atoms with Crippen LogP contribution in [0.4, 0.5) is 5.69 Å². The molecule has 0 aromatic heterocycles. The number of sulfonamides is 1. The van der Waals surface area contributed by atoms with Gasteiger partial charge in [0.1, 0.15) is 5.75 Å². The van der Waals surface area contributed by atoms with Crippen LogP contribution in [0.3, 0.4) is 0 Å². The number of nitrogens with two attached hydrogens (primary N) is 1. The molecular weight excluding hydrogens is 294 g/mol. The van der Waals surface area contributed by atoms with Crippen LogP contribution in [0.2, 0.25) is 0 Å². The van der Waals surface area contributed by atoms with Gasteiger partial charge in [0.2, 0.25) is 15.9 Å². The number of nitrogen functional groups attached to an aromatic ring is 1. The van der Waals surface area contributed by atoms with Crippen molar-refractivity contribution in [3.63, 3.8) is 0 Å². The molecule has 7 nitrogen and oxygen atoms in total. The monoisotopic (exact) mass is 315 g/mol. The molecule has 0 aliphatic carbocycles. The van der Waals surface area contributed by atoms with Gasteiger partial charge in [-0.2, -0.15) is 0 Å². The SMILES string of the molecule is CNC(=O)C(C)CN(C)S(=O)(=O)c1ccc(OC)c(N)c1. The molecular formula is C13H21N3O4S.